The van der Waals surface area contributed by atoms with Crippen LogP contribution in [0.2, 0.25) is 0 Å². The molecule has 1 atom stereocenters. The van der Waals surface area contributed by atoms with E-state index in [4.69, 9.17) is 0 Å². The lowest BCUT2D eigenvalue weighted by Crippen LogP contribution is -2.42. The smallest absolute Gasteiger partial charge is 0.391 e. The molecule has 2 rings (SSSR count). The number of hydrogen-bond donors (Lipinski definition) is 1. The van der Waals surface area contributed by atoms with Crippen molar-refractivity contribution in [2.75, 3.05) is 19.7 Å². The molecule has 0 aromatic rings. The third-order valence-corrected chi connectivity index (χ3v) is 5.09. The Bertz CT molecular complexity index is 287. The molecule has 0 aromatic carbocycles. The van der Waals surface area contributed by atoms with Crippen molar-refractivity contribution in [3.63, 3.8) is 0 Å². The average Bonchev–Trinajstić information content (AvgIpc) is 2.45. The van der Waals surface area contributed by atoms with Crippen LogP contribution in [-0.2, 0) is 0 Å². The minimum absolute atomic E-state index is 0.209. The van der Waals surface area contributed by atoms with Gasteiger partial charge in [0, 0.05) is 6.04 Å². The summed E-state index contributed by atoms with van der Waals surface area (Å²) in [5.74, 6) is -0.631. The number of nitrogens with zero attached hydrogens (tertiary/aromatic N) is 1. The Morgan fingerprint density at radius 1 is 1.00 bits per heavy atom. The molecule has 2 nitrogen and oxygen atoms in total. The van der Waals surface area contributed by atoms with E-state index in [-0.39, 0.29) is 12.6 Å². The number of alkyl halides is 3. The maximum Gasteiger partial charge on any atom is 0.391 e. The van der Waals surface area contributed by atoms with Gasteiger partial charge in [-0.3, -0.25) is 4.90 Å². The van der Waals surface area contributed by atoms with Crippen LogP contribution < -0.4 is 0 Å². The van der Waals surface area contributed by atoms with Gasteiger partial charge in [-0.2, -0.15) is 13.2 Å². The molecule has 0 amide bonds. The van der Waals surface area contributed by atoms with Gasteiger partial charge in [0.1, 0.15) is 0 Å². The number of likely N-dealkylation sites (tertiary alicyclic amines) is 1. The van der Waals surface area contributed by atoms with Gasteiger partial charge >= 0.3 is 6.18 Å². The monoisotopic (exact) mass is 293 g/mol. The SMILES string of the molecule is OC[C@@H]1CCCCN1CC[C@H]1CC[C@@H](C(F)(F)F)CC1. The van der Waals surface area contributed by atoms with Crippen molar-refractivity contribution < 1.29 is 18.3 Å². The summed E-state index contributed by atoms with van der Waals surface area (Å²) in [5, 5.41) is 9.36. The molecule has 1 saturated heterocycles. The van der Waals surface area contributed by atoms with Crippen molar-refractivity contribution in [2.24, 2.45) is 11.8 Å². The number of piperidine rings is 1. The molecular formula is C15H26F3NO. The second-order valence-electron chi connectivity index (χ2n) is 6.42. The molecular weight excluding hydrogens is 267 g/mol. The first-order chi connectivity index (χ1) is 9.50. The summed E-state index contributed by atoms with van der Waals surface area (Å²) >= 11 is 0. The number of aliphatic hydroxyl groups is 1. The van der Waals surface area contributed by atoms with E-state index in [0.29, 0.717) is 31.6 Å². The number of halogens is 3. The Labute approximate surface area is 119 Å². The zero-order valence-corrected chi connectivity index (χ0v) is 12.0. The Kier molecular flexibility index (Phi) is 5.73. The van der Waals surface area contributed by atoms with E-state index in [1.807, 2.05) is 0 Å². The van der Waals surface area contributed by atoms with Crippen molar-refractivity contribution in [3.05, 3.63) is 0 Å². The molecule has 1 aliphatic carbocycles. The second-order valence-corrected chi connectivity index (χ2v) is 6.42. The fraction of sp³-hybridized carbons (Fsp3) is 1.00. The summed E-state index contributed by atoms with van der Waals surface area (Å²) in [7, 11) is 0. The fourth-order valence-electron chi connectivity index (χ4n) is 3.69. The molecule has 20 heavy (non-hydrogen) atoms. The molecule has 0 radical (unpaired) electrons. The first kappa shape index (κ1) is 16.1. The lowest BCUT2D eigenvalue weighted by Gasteiger charge is -2.36. The highest BCUT2D eigenvalue weighted by molar-refractivity contribution is 4.80. The van der Waals surface area contributed by atoms with E-state index >= 15 is 0 Å². The van der Waals surface area contributed by atoms with Gasteiger partial charge in [-0.1, -0.05) is 6.42 Å². The van der Waals surface area contributed by atoms with Crippen molar-refractivity contribution >= 4 is 0 Å². The first-order valence-corrected chi connectivity index (χ1v) is 7.92. The van der Waals surface area contributed by atoms with Gasteiger partial charge in [-0.25, -0.2) is 0 Å². The third kappa shape index (κ3) is 4.35. The van der Waals surface area contributed by atoms with Gasteiger partial charge in [0.25, 0.3) is 0 Å². The zero-order valence-electron chi connectivity index (χ0n) is 12.0. The van der Waals surface area contributed by atoms with Crippen LogP contribution in [0.5, 0.6) is 0 Å². The van der Waals surface area contributed by atoms with E-state index in [0.717, 1.165) is 25.9 Å². The molecule has 0 unspecified atom stereocenters. The minimum Gasteiger partial charge on any atom is -0.395 e. The first-order valence-electron chi connectivity index (χ1n) is 7.92. The summed E-state index contributed by atoms with van der Waals surface area (Å²) in [6, 6.07) is 0.273. The molecule has 2 fully saturated rings. The van der Waals surface area contributed by atoms with Crippen LogP contribution in [0.15, 0.2) is 0 Å². The molecule has 2 aliphatic rings. The number of rotatable bonds is 4. The van der Waals surface area contributed by atoms with Crippen LogP contribution in [0.25, 0.3) is 0 Å². The highest BCUT2D eigenvalue weighted by Gasteiger charge is 2.41. The maximum absolute atomic E-state index is 12.6. The predicted molar refractivity (Wildman–Crippen MR) is 72.4 cm³/mol. The molecule has 0 bridgehead atoms. The van der Waals surface area contributed by atoms with Crippen molar-refractivity contribution in [2.45, 2.75) is 63.6 Å². The Hall–Kier alpha value is -0.290. The van der Waals surface area contributed by atoms with Crippen LogP contribution in [0, 0.1) is 11.8 Å². The molecule has 1 N–H and O–H groups in total. The topological polar surface area (TPSA) is 23.5 Å². The molecule has 118 valence electrons. The summed E-state index contributed by atoms with van der Waals surface area (Å²) < 4.78 is 37.8. The number of aliphatic hydroxyl groups excluding tert-OH is 1. The van der Waals surface area contributed by atoms with Crippen LogP contribution in [0.1, 0.15) is 51.4 Å². The lowest BCUT2D eigenvalue weighted by atomic mass is 9.80. The predicted octanol–water partition coefficient (Wildman–Crippen LogP) is 3.59. The van der Waals surface area contributed by atoms with Crippen LogP contribution in [0.4, 0.5) is 13.2 Å². The quantitative estimate of drug-likeness (QED) is 0.856. The van der Waals surface area contributed by atoms with E-state index < -0.39 is 12.1 Å². The second kappa shape index (κ2) is 7.12. The Morgan fingerprint density at radius 3 is 2.30 bits per heavy atom. The molecule has 0 aromatic heterocycles. The zero-order chi connectivity index (χ0) is 14.6. The van der Waals surface area contributed by atoms with E-state index in [1.54, 1.807) is 0 Å². The Morgan fingerprint density at radius 2 is 1.70 bits per heavy atom. The van der Waals surface area contributed by atoms with E-state index in [9.17, 15) is 18.3 Å². The summed E-state index contributed by atoms with van der Waals surface area (Å²) in [4.78, 5) is 2.33. The normalized spacial score (nSPS) is 33.3. The summed E-state index contributed by atoms with van der Waals surface area (Å²) in [5.41, 5.74) is 0. The van der Waals surface area contributed by atoms with E-state index in [1.165, 1.54) is 12.8 Å². The number of hydrogen-bond acceptors (Lipinski definition) is 2. The fourth-order valence-corrected chi connectivity index (χ4v) is 3.69. The molecule has 0 spiro atoms. The standard InChI is InChI=1S/C15H26F3NO/c16-15(17,18)13-6-4-12(5-7-13)8-10-19-9-2-1-3-14(19)11-20/h12-14,20H,1-11H2/t12-,13+,14-/m0/s1. The highest BCUT2D eigenvalue weighted by Crippen LogP contribution is 2.40. The Balaban J connectivity index is 1.70. The van der Waals surface area contributed by atoms with Gasteiger partial charge in [0.15, 0.2) is 0 Å². The largest absolute Gasteiger partial charge is 0.395 e. The van der Waals surface area contributed by atoms with Crippen LogP contribution in [0.3, 0.4) is 0 Å². The average molecular weight is 293 g/mol. The summed E-state index contributed by atoms with van der Waals surface area (Å²) in [6.45, 7) is 2.18. The summed E-state index contributed by atoms with van der Waals surface area (Å²) in [6.07, 6.45) is 2.42. The molecule has 1 heterocycles. The van der Waals surface area contributed by atoms with Gasteiger partial charge in [0.05, 0.1) is 12.5 Å². The van der Waals surface area contributed by atoms with Crippen molar-refractivity contribution in [3.8, 4) is 0 Å². The highest BCUT2D eigenvalue weighted by atomic mass is 19.4. The van der Waals surface area contributed by atoms with Gasteiger partial charge in [-0.15, -0.1) is 0 Å². The van der Waals surface area contributed by atoms with Gasteiger partial charge < -0.3 is 5.11 Å². The minimum atomic E-state index is -4.00. The van der Waals surface area contributed by atoms with Gasteiger partial charge in [-0.05, 0) is 64.0 Å². The van der Waals surface area contributed by atoms with Crippen molar-refractivity contribution in [1.82, 2.24) is 4.90 Å². The van der Waals surface area contributed by atoms with Crippen molar-refractivity contribution in [1.29, 1.82) is 0 Å². The third-order valence-electron chi connectivity index (χ3n) is 5.09. The molecule has 1 aliphatic heterocycles. The van der Waals surface area contributed by atoms with E-state index in [2.05, 4.69) is 4.90 Å². The van der Waals surface area contributed by atoms with Gasteiger partial charge in [0.2, 0.25) is 0 Å². The van der Waals surface area contributed by atoms with Crippen LogP contribution >= 0.6 is 0 Å². The van der Waals surface area contributed by atoms with Crippen LogP contribution in [-0.4, -0.2) is 41.9 Å². The lowest BCUT2D eigenvalue weighted by molar-refractivity contribution is -0.184. The molecule has 5 heteroatoms. The molecule has 1 saturated carbocycles. The maximum atomic E-state index is 12.6.